The van der Waals surface area contributed by atoms with Crippen LogP contribution in [0.4, 0.5) is 0 Å². The molecule has 0 amide bonds. The molecule has 0 spiro atoms. The number of carbonyl (C=O) groups is 1. The molecule has 0 aliphatic heterocycles. The van der Waals surface area contributed by atoms with Crippen LogP contribution in [-0.4, -0.2) is 5.78 Å². The molecule has 11 heavy (non-hydrogen) atoms. The molecular weight excluding hydrogens is 136 g/mol. The first-order chi connectivity index (χ1) is 5.03. The summed E-state index contributed by atoms with van der Waals surface area (Å²) in [5, 5.41) is 0. The summed E-state index contributed by atoms with van der Waals surface area (Å²) in [6.07, 6.45) is 2.32. The Morgan fingerprint density at radius 2 is 2.00 bits per heavy atom. The molecule has 0 aromatic rings. The topological polar surface area (TPSA) is 17.1 Å². The van der Waals surface area contributed by atoms with Crippen LogP contribution in [0, 0.1) is 23.2 Å². The zero-order valence-electron chi connectivity index (χ0n) is 7.55. The van der Waals surface area contributed by atoms with Gasteiger partial charge in [-0.25, -0.2) is 0 Å². The fourth-order valence-electron chi connectivity index (χ4n) is 2.79. The van der Waals surface area contributed by atoms with Gasteiger partial charge in [0.2, 0.25) is 0 Å². The Balaban J connectivity index is 2.23. The van der Waals surface area contributed by atoms with Gasteiger partial charge in [-0.1, -0.05) is 20.8 Å². The van der Waals surface area contributed by atoms with Gasteiger partial charge in [-0.3, -0.25) is 4.79 Å². The molecule has 0 aromatic carbocycles. The van der Waals surface area contributed by atoms with E-state index in [0.29, 0.717) is 23.0 Å². The molecule has 3 aliphatic carbocycles. The smallest absolute Gasteiger partial charge is 0.139 e. The maximum Gasteiger partial charge on any atom is 0.139 e. The van der Waals surface area contributed by atoms with Crippen molar-refractivity contribution in [2.24, 2.45) is 23.2 Å². The molecule has 0 N–H and O–H groups in total. The average molecular weight is 152 g/mol. The van der Waals surface area contributed by atoms with Gasteiger partial charge in [-0.15, -0.1) is 0 Å². The highest BCUT2D eigenvalue weighted by atomic mass is 16.1. The van der Waals surface area contributed by atoms with Crippen molar-refractivity contribution < 1.29 is 4.79 Å². The van der Waals surface area contributed by atoms with Crippen LogP contribution >= 0.6 is 0 Å². The van der Waals surface area contributed by atoms with Gasteiger partial charge >= 0.3 is 0 Å². The van der Waals surface area contributed by atoms with E-state index in [4.69, 9.17) is 0 Å². The first-order valence-electron chi connectivity index (χ1n) is 4.57. The van der Waals surface area contributed by atoms with Crippen molar-refractivity contribution in [3.05, 3.63) is 0 Å². The molecule has 2 bridgehead atoms. The van der Waals surface area contributed by atoms with E-state index < -0.39 is 0 Å². The lowest BCUT2D eigenvalue weighted by Gasteiger charge is -2.57. The molecule has 62 valence electrons. The second-order valence-corrected chi connectivity index (χ2v) is 4.85. The third kappa shape index (κ3) is 0.743. The summed E-state index contributed by atoms with van der Waals surface area (Å²) in [5.74, 6) is 2.11. The lowest BCUT2D eigenvalue weighted by atomic mass is 9.46. The Bertz CT molecular complexity index is 205. The van der Waals surface area contributed by atoms with Gasteiger partial charge in [0.1, 0.15) is 5.78 Å². The fourth-order valence-corrected chi connectivity index (χ4v) is 2.79. The van der Waals surface area contributed by atoms with Crippen LogP contribution in [0.3, 0.4) is 0 Å². The summed E-state index contributed by atoms with van der Waals surface area (Å²) < 4.78 is 0. The SMILES string of the molecule is CC1C[C@@H]2CC(C1=O)C2(C)C. The number of hydrogen-bond donors (Lipinski definition) is 0. The highest BCUT2D eigenvalue weighted by Crippen LogP contribution is 2.58. The van der Waals surface area contributed by atoms with Gasteiger partial charge in [0.05, 0.1) is 0 Å². The predicted molar refractivity (Wildman–Crippen MR) is 44.2 cm³/mol. The monoisotopic (exact) mass is 152 g/mol. The molecule has 0 saturated heterocycles. The maximum atomic E-state index is 11.6. The molecule has 3 fully saturated rings. The third-order valence-electron chi connectivity index (χ3n) is 3.94. The molecule has 0 aromatic heterocycles. The molecule has 3 saturated carbocycles. The average Bonchev–Trinajstić information content (AvgIpc) is 1.93. The zero-order chi connectivity index (χ0) is 8.22. The summed E-state index contributed by atoms with van der Waals surface area (Å²) in [5.41, 5.74) is 0.337. The Morgan fingerprint density at radius 3 is 2.36 bits per heavy atom. The lowest BCUT2D eigenvalue weighted by Crippen LogP contribution is -2.55. The van der Waals surface area contributed by atoms with Crippen LogP contribution < -0.4 is 0 Å². The van der Waals surface area contributed by atoms with Crippen LogP contribution in [0.25, 0.3) is 0 Å². The molecule has 3 aliphatic rings. The Labute approximate surface area is 68.2 Å². The van der Waals surface area contributed by atoms with Gasteiger partial charge in [-0.2, -0.15) is 0 Å². The standard InChI is InChI=1S/C10H16O/c1-6-4-7-5-8(9(6)11)10(7,2)3/h6-8H,4-5H2,1-3H3/t6?,7-,8?/m1/s1. The third-order valence-corrected chi connectivity index (χ3v) is 3.94. The highest BCUT2D eigenvalue weighted by Gasteiger charge is 2.56. The van der Waals surface area contributed by atoms with Crippen molar-refractivity contribution in [3.8, 4) is 0 Å². The minimum Gasteiger partial charge on any atom is -0.299 e. The highest BCUT2D eigenvalue weighted by molar-refractivity contribution is 5.86. The molecule has 3 rings (SSSR count). The Morgan fingerprint density at radius 1 is 1.36 bits per heavy atom. The zero-order valence-corrected chi connectivity index (χ0v) is 7.55. The summed E-state index contributed by atoms with van der Waals surface area (Å²) in [4.78, 5) is 11.6. The maximum absolute atomic E-state index is 11.6. The van der Waals surface area contributed by atoms with E-state index in [-0.39, 0.29) is 0 Å². The predicted octanol–water partition coefficient (Wildman–Crippen LogP) is 2.26. The van der Waals surface area contributed by atoms with Crippen molar-refractivity contribution >= 4 is 5.78 Å². The Kier molecular flexibility index (Phi) is 1.25. The minimum absolute atomic E-state index is 0.337. The summed E-state index contributed by atoms with van der Waals surface area (Å²) in [6, 6.07) is 0. The van der Waals surface area contributed by atoms with Crippen LogP contribution in [0.15, 0.2) is 0 Å². The van der Waals surface area contributed by atoms with E-state index in [9.17, 15) is 4.79 Å². The van der Waals surface area contributed by atoms with Crippen molar-refractivity contribution in [2.75, 3.05) is 0 Å². The summed E-state index contributed by atoms with van der Waals surface area (Å²) in [6.45, 7) is 6.57. The normalized spacial score (nSPS) is 46.8. The Hall–Kier alpha value is -0.330. The van der Waals surface area contributed by atoms with Crippen molar-refractivity contribution in [1.29, 1.82) is 0 Å². The summed E-state index contributed by atoms with van der Waals surface area (Å²) in [7, 11) is 0. The minimum atomic E-state index is 0.337. The van der Waals surface area contributed by atoms with Crippen molar-refractivity contribution in [3.63, 3.8) is 0 Å². The quantitative estimate of drug-likeness (QED) is 0.520. The van der Waals surface area contributed by atoms with E-state index in [2.05, 4.69) is 20.8 Å². The molecule has 1 heteroatoms. The van der Waals surface area contributed by atoms with Gasteiger partial charge in [0, 0.05) is 11.8 Å². The van der Waals surface area contributed by atoms with E-state index in [1.165, 1.54) is 6.42 Å². The molecule has 0 radical (unpaired) electrons. The van der Waals surface area contributed by atoms with Crippen LogP contribution in [0.1, 0.15) is 33.6 Å². The summed E-state index contributed by atoms with van der Waals surface area (Å²) >= 11 is 0. The van der Waals surface area contributed by atoms with Gasteiger partial charge < -0.3 is 0 Å². The number of ketones is 1. The van der Waals surface area contributed by atoms with Gasteiger partial charge in [0.15, 0.2) is 0 Å². The van der Waals surface area contributed by atoms with Gasteiger partial charge in [-0.05, 0) is 24.2 Å². The van der Waals surface area contributed by atoms with Crippen LogP contribution in [-0.2, 0) is 4.79 Å². The molecular formula is C10H16O. The largest absolute Gasteiger partial charge is 0.299 e. The lowest BCUT2D eigenvalue weighted by molar-refractivity contribution is -0.155. The first kappa shape index (κ1) is 7.33. The first-order valence-corrected chi connectivity index (χ1v) is 4.57. The molecule has 2 unspecified atom stereocenters. The van der Waals surface area contributed by atoms with Gasteiger partial charge in [0.25, 0.3) is 0 Å². The number of hydrogen-bond acceptors (Lipinski definition) is 1. The number of rotatable bonds is 0. The number of Topliss-reactive ketones (excluding diaryl/α,β-unsaturated/α-hetero) is 1. The van der Waals surface area contributed by atoms with E-state index in [1.807, 2.05) is 0 Å². The van der Waals surface area contributed by atoms with Crippen molar-refractivity contribution in [1.82, 2.24) is 0 Å². The van der Waals surface area contributed by atoms with E-state index in [1.54, 1.807) is 0 Å². The number of fused-ring (bicyclic) bond motifs is 2. The van der Waals surface area contributed by atoms with Crippen LogP contribution in [0.5, 0.6) is 0 Å². The number of carbonyl (C=O) groups excluding carboxylic acids is 1. The van der Waals surface area contributed by atoms with E-state index >= 15 is 0 Å². The second kappa shape index (κ2) is 1.88. The molecule has 1 nitrogen and oxygen atoms in total. The van der Waals surface area contributed by atoms with Crippen LogP contribution in [0.2, 0.25) is 0 Å². The fraction of sp³-hybridized carbons (Fsp3) is 0.900. The second-order valence-electron chi connectivity index (χ2n) is 4.85. The molecule has 0 heterocycles. The molecule has 3 atom stereocenters. The van der Waals surface area contributed by atoms with Crippen molar-refractivity contribution in [2.45, 2.75) is 33.6 Å². The van der Waals surface area contributed by atoms with E-state index in [0.717, 1.165) is 12.3 Å².